The maximum Gasteiger partial charge on any atom is 0.251 e. The lowest BCUT2D eigenvalue weighted by Crippen LogP contribution is -2.41. The van der Waals surface area contributed by atoms with Gasteiger partial charge in [0, 0.05) is 5.56 Å². The molecule has 0 unspecified atom stereocenters. The van der Waals surface area contributed by atoms with Crippen LogP contribution >= 0.6 is 0 Å². The molecule has 1 atom stereocenters. The molecule has 0 fully saturated rings. The van der Waals surface area contributed by atoms with Gasteiger partial charge in [0.15, 0.2) is 0 Å². The summed E-state index contributed by atoms with van der Waals surface area (Å²) in [5, 5.41) is 5.49. The van der Waals surface area contributed by atoms with Gasteiger partial charge in [0.1, 0.15) is 11.8 Å². The topological polar surface area (TPSA) is 67.4 Å². The number of ether oxygens (including phenoxy) is 1. The number of carbonyl (C=O) groups excluding carboxylic acids is 2. The zero-order valence-electron chi connectivity index (χ0n) is 14.1. The number of para-hydroxylation sites is 2. The molecular weight excluding hydrogens is 304 g/mol. The second kappa shape index (κ2) is 8.15. The highest BCUT2D eigenvalue weighted by Gasteiger charge is 2.18. The first-order valence-corrected chi connectivity index (χ1v) is 7.91. The summed E-state index contributed by atoms with van der Waals surface area (Å²) in [7, 11) is 0. The lowest BCUT2D eigenvalue weighted by atomic mass is 10.1. The minimum absolute atomic E-state index is 0.278. The lowest BCUT2D eigenvalue weighted by Gasteiger charge is -2.16. The number of hydrogen-bond donors (Lipinski definition) is 2. The second-order valence-corrected chi connectivity index (χ2v) is 5.48. The van der Waals surface area contributed by atoms with Crippen LogP contribution in [0.3, 0.4) is 0 Å². The van der Waals surface area contributed by atoms with Gasteiger partial charge in [-0.05, 0) is 45.0 Å². The largest absolute Gasteiger partial charge is 0.492 e. The fourth-order valence-corrected chi connectivity index (χ4v) is 2.22. The first kappa shape index (κ1) is 17.5. The highest BCUT2D eigenvalue weighted by molar-refractivity contribution is 6.01. The molecule has 2 N–H and O–H groups in total. The Labute approximate surface area is 142 Å². The number of benzene rings is 2. The minimum atomic E-state index is -0.673. The van der Waals surface area contributed by atoms with Gasteiger partial charge in [0.05, 0.1) is 12.3 Å². The van der Waals surface area contributed by atoms with Crippen LogP contribution in [0.4, 0.5) is 5.69 Å². The van der Waals surface area contributed by atoms with Crippen LogP contribution in [0.15, 0.2) is 48.5 Å². The number of hydrogen-bond acceptors (Lipinski definition) is 3. The summed E-state index contributed by atoms with van der Waals surface area (Å²) in [5.41, 5.74) is 2.11. The van der Waals surface area contributed by atoms with Crippen molar-refractivity contribution in [2.75, 3.05) is 11.9 Å². The Morgan fingerprint density at radius 1 is 1.12 bits per heavy atom. The van der Waals surface area contributed by atoms with E-state index < -0.39 is 6.04 Å². The van der Waals surface area contributed by atoms with Crippen LogP contribution in [0.5, 0.6) is 5.75 Å². The van der Waals surface area contributed by atoms with Crippen molar-refractivity contribution >= 4 is 17.5 Å². The van der Waals surface area contributed by atoms with E-state index in [4.69, 9.17) is 4.74 Å². The molecule has 24 heavy (non-hydrogen) atoms. The number of aryl methyl sites for hydroxylation is 1. The summed E-state index contributed by atoms with van der Waals surface area (Å²) in [5.74, 6) is 0.0214. The summed E-state index contributed by atoms with van der Waals surface area (Å²) < 4.78 is 5.48. The van der Waals surface area contributed by atoms with E-state index >= 15 is 0 Å². The molecule has 0 aromatic heterocycles. The smallest absolute Gasteiger partial charge is 0.251 e. The van der Waals surface area contributed by atoms with Gasteiger partial charge in [-0.25, -0.2) is 0 Å². The Morgan fingerprint density at radius 2 is 1.88 bits per heavy atom. The van der Waals surface area contributed by atoms with Gasteiger partial charge in [-0.1, -0.05) is 29.8 Å². The predicted octanol–water partition coefficient (Wildman–Crippen LogP) is 3.15. The highest BCUT2D eigenvalue weighted by Crippen LogP contribution is 2.23. The van der Waals surface area contributed by atoms with E-state index in [9.17, 15) is 9.59 Å². The molecule has 126 valence electrons. The van der Waals surface area contributed by atoms with Gasteiger partial charge in [-0.2, -0.15) is 0 Å². The van der Waals surface area contributed by atoms with Crippen LogP contribution in [0.1, 0.15) is 29.8 Å². The first-order valence-electron chi connectivity index (χ1n) is 7.91. The Morgan fingerprint density at radius 3 is 2.58 bits per heavy atom. The summed E-state index contributed by atoms with van der Waals surface area (Å²) in [6.07, 6.45) is 0. The monoisotopic (exact) mass is 326 g/mol. The number of rotatable bonds is 6. The Balaban J connectivity index is 2.01. The summed E-state index contributed by atoms with van der Waals surface area (Å²) >= 11 is 0. The van der Waals surface area contributed by atoms with Crippen LogP contribution in [0, 0.1) is 6.92 Å². The minimum Gasteiger partial charge on any atom is -0.492 e. The Bertz CT molecular complexity index is 728. The zero-order chi connectivity index (χ0) is 17.5. The number of amides is 2. The average Bonchev–Trinajstić information content (AvgIpc) is 2.56. The fourth-order valence-electron chi connectivity index (χ4n) is 2.22. The molecule has 0 saturated heterocycles. The molecule has 0 spiro atoms. The molecule has 2 rings (SSSR count). The van der Waals surface area contributed by atoms with Crippen LogP contribution in [0.25, 0.3) is 0 Å². The molecular formula is C19H22N2O3. The van der Waals surface area contributed by atoms with E-state index in [1.54, 1.807) is 31.2 Å². The van der Waals surface area contributed by atoms with Crippen LogP contribution in [-0.2, 0) is 4.79 Å². The molecule has 0 aliphatic heterocycles. The van der Waals surface area contributed by atoms with E-state index in [1.807, 2.05) is 38.1 Å². The van der Waals surface area contributed by atoms with Crippen LogP contribution in [0.2, 0.25) is 0 Å². The SMILES string of the molecule is CCOc1ccccc1NC(=O)[C@@H](C)NC(=O)c1cccc(C)c1. The van der Waals surface area contributed by atoms with Gasteiger partial charge < -0.3 is 15.4 Å². The quantitative estimate of drug-likeness (QED) is 0.857. The van der Waals surface area contributed by atoms with Crippen LogP contribution < -0.4 is 15.4 Å². The molecule has 0 aliphatic rings. The lowest BCUT2D eigenvalue weighted by molar-refractivity contribution is -0.117. The standard InChI is InChI=1S/C19H22N2O3/c1-4-24-17-11-6-5-10-16(17)21-18(22)14(3)20-19(23)15-9-7-8-13(2)12-15/h5-12,14H,4H2,1-3H3,(H,20,23)(H,21,22)/t14-/m1/s1. The second-order valence-electron chi connectivity index (χ2n) is 5.48. The fraction of sp³-hybridized carbons (Fsp3) is 0.263. The van der Waals surface area contributed by atoms with Crippen molar-refractivity contribution in [3.63, 3.8) is 0 Å². The number of carbonyl (C=O) groups is 2. The summed E-state index contributed by atoms with van der Waals surface area (Å²) in [4.78, 5) is 24.5. The maximum atomic E-state index is 12.3. The van der Waals surface area contributed by atoms with Crippen molar-refractivity contribution in [1.29, 1.82) is 0 Å². The summed E-state index contributed by atoms with van der Waals surface area (Å²) in [6, 6.07) is 13.8. The molecule has 0 heterocycles. The Hall–Kier alpha value is -2.82. The van der Waals surface area contributed by atoms with E-state index in [0.29, 0.717) is 23.6 Å². The molecule has 0 aliphatic carbocycles. The van der Waals surface area contributed by atoms with E-state index in [2.05, 4.69) is 10.6 Å². The van der Waals surface area contributed by atoms with Gasteiger partial charge >= 0.3 is 0 Å². The van der Waals surface area contributed by atoms with Crippen molar-refractivity contribution in [1.82, 2.24) is 5.32 Å². The normalized spacial score (nSPS) is 11.5. The highest BCUT2D eigenvalue weighted by atomic mass is 16.5. The van der Waals surface area contributed by atoms with Crippen molar-refractivity contribution in [3.8, 4) is 5.75 Å². The third-order valence-corrected chi connectivity index (χ3v) is 3.47. The average molecular weight is 326 g/mol. The molecule has 2 aromatic rings. The summed E-state index contributed by atoms with van der Waals surface area (Å²) in [6.45, 7) is 5.94. The van der Waals surface area contributed by atoms with E-state index in [-0.39, 0.29) is 11.8 Å². The molecule has 0 saturated carbocycles. The molecule has 2 aromatic carbocycles. The Kier molecular flexibility index (Phi) is 5.95. The van der Waals surface area contributed by atoms with Crippen molar-refractivity contribution in [2.24, 2.45) is 0 Å². The van der Waals surface area contributed by atoms with Crippen molar-refractivity contribution in [2.45, 2.75) is 26.8 Å². The maximum absolute atomic E-state index is 12.3. The van der Waals surface area contributed by atoms with Gasteiger partial charge in [0.2, 0.25) is 5.91 Å². The zero-order valence-corrected chi connectivity index (χ0v) is 14.1. The molecule has 5 nitrogen and oxygen atoms in total. The van der Waals surface area contributed by atoms with Gasteiger partial charge in [0.25, 0.3) is 5.91 Å². The first-order chi connectivity index (χ1) is 11.5. The van der Waals surface area contributed by atoms with Crippen LogP contribution in [-0.4, -0.2) is 24.5 Å². The number of anilines is 1. The van der Waals surface area contributed by atoms with E-state index in [1.165, 1.54) is 0 Å². The number of nitrogens with one attached hydrogen (secondary N) is 2. The van der Waals surface area contributed by atoms with E-state index in [0.717, 1.165) is 5.56 Å². The molecule has 0 bridgehead atoms. The molecule has 0 radical (unpaired) electrons. The molecule has 5 heteroatoms. The van der Waals surface area contributed by atoms with Gasteiger partial charge in [-0.3, -0.25) is 9.59 Å². The third-order valence-electron chi connectivity index (χ3n) is 3.47. The predicted molar refractivity (Wildman–Crippen MR) is 94.3 cm³/mol. The van der Waals surface area contributed by atoms with Crippen molar-refractivity contribution < 1.29 is 14.3 Å². The van der Waals surface area contributed by atoms with Gasteiger partial charge in [-0.15, -0.1) is 0 Å². The molecule has 2 amide bonds. The van der Waals surface area contributed by atoms with Crippen molar-refractivity contribution in [3.05, 3.63) is 59.7 Å². The third kappa shape index (κ3) is 4.59.